The van der Waals surface area contributed by atoms with Crippen molar-refractivity contribution in [1.29, 1.82) is 0 Å². The van der Waals surface area contributed by atoms with Crippen LogP contribution in [-0.4, -0.2) is 10.2 Å². The maximum atomic E-state index is 6.02. The largest absolute Gasteiger partial charge is 0.434 e. The highest BCUT2D eigenvalue weighted by molar-refractivity contribution is 6.29. The first-order chi connectivity index (χ1) is 10.8. The van der Waals surface area contributed by atoms with Crippen LogP contribution >= 0.6 is 11.6 Å². The van der Waals surface area contributed by atoms with Crippen LogP contribution in [0, 0.1) is 0 Å². The van der Waals surface area contributed by atoms with Crippen molar-refractivity contribution in [2.75, 3.05) is 4.90 Å². The number of aromatic nitrogens is 2. The van der Waals surface area contributed by atoms with Crippen LogP contribution in [0.5, 0.6) is 11.6 Å². The van der Waals surface area contributed by atoms with E-state index < -0.39 is 0 Å². The summed E-state index contributed by atoms with van der Waals surface area (Å²) in [5.74, 6) is 1.24. The van der Waals surface area contributed by atoms with Gasteiger partial charge in [0.2, 0.25) is 0 Å². The number of benzene rings is 2. The van der Waals surface area contributed by atoms with E-state index in [2.05, 4.69) is 27.2 Å². The van der Waals surface area contributed by atoms with E-state index in [0.717, 1.165) is 17.1 Å². The van der Waals surface area contributed by atoms with Crippen LogP contribution < -0.4 is 9.64 Å². The Morgan fingerprint density at radius 3 is 2.55 bits per heavy atom. The lowest BCUT2D eigenvalue weighted by Gasteiger charge is -2.31. The van der Waals surface area contributed by atoms with E-state index in [1.165, 1.54) is 5.56 Å². The highest BCUT2D eigenvalue weighted by Crippen LogP contribution is 2.46. The Bertz CT molecular complexity index is 823. The lowest BCUT2D eigenvalue weighted by molar-refractivity contribution is 0.446. The molecule has 0 unspecified atom stereocenters. The number of nitrogens with zero attached hydrogens (tertiary/aromatic N) is 3. The van der Waals surface area contributed by atoms with Gasteiger partial charge in [-0.15, -0.1) is 10.2 Å². The van der Waals surface area contributed by atoms with Gasteiger partial charge in [0, 0.05) is 12.6 Å². The fourth-order valence-corrected chi connectivity index (χ4v) is 2.69. The molecule has 22 heavy (non-hydrogen) atoms. The molecule has 2 heterocycles. The van der Waals surface area contributed by atoms with Crippen LogP contribution in [0.1, 0.15) is 5.56 Å². The molecule has 0 amide bonds. The van der Waals surface area contributed by atoms with Crippen LogP contribution in [-0.2, 0) is 6.54 Å². The molecule has 0 spiro atoms. The van der Waals surface area contributed by atoms with E-state index in [4.69, 9.17) is 16.3 Å². The predicted octanol–water partition coefficient (Wildman–Crippen LogP) is 4.57. The van der Waals surface area contributed by atoms with Gasteiger partial charge in [-0.3, -0.25) is 0 Å². The third-order valence-electron chi connectivity index (χ3n) is 3.55. The summed E-state index contributed by atoms with van der Waals surface area (Å²) in [6.07, 6.45) is 0. The third-order valence-corrected chi connectivity index (χ3v) is 3.73. The second-order valence-corrected chi connectivity index (χ2v) is 5.39. The topological polar surface area (TPSA) is 38.3 Å². The first-order valence-corrected chi connectivity index (χ1v) is 7.30. The first kappa shape index (κ1) is 13.1. The Morgan fingerprint density at radius 2 is 1.68 bits per heavy atom. The molecule has 1 aromatic heterocycles. The maximum absolute atomic E-state index is 6.02. The van der Waals surface area contributed by atoms with Crippen molar-refractivity contribution in [2.45, 2.75) is 6.54 Å². The van der Waals surface area contributed by atoms with Crippen molar-refractivity contribution >= 4 is 23.0 Å². The van der Waals surface area contributed by atoms with E-state index in [9.17, 15) is 0 Å². The zero-order chi connectivity index (χ0) is 14.9. The Hall–Kier alpha value is -2.59. The van der Waals surface area contributed by atoms with Gasteiger partial charge in [-0.05, 0) is 17.7 Å². The molecule has 0 aliphatic carbocycles. The zero-order valence-corrected chi connectivity index (χ0v) is 12.4. The normalized spacial score (nSPS) is 12.3. The average Bonchev–Trinajstić information content (AvgIpc) is 2.56. The Balaban J connectivity index is 1.83. The molecule has 0 saturated carbocycles. The number of hydrogen-bond acceptors (Lipinski definition) is 4. The van der Waals surface area contributed by atoms with E-state index in [1.54, 1.807) is 6.07 Å². The minimum atomic E-state index is 0.347. The summed E-state index contributed by atoms with van der Waals surface area (Å²) in [5.41, 5.74) is 3.00. The molecule has 0 N–H and O–H groups in total. The number of halogens is 1. The molecule has 4 nitrogen and oxygen atoms in total. The second kappa shape index (κ2) is 5.31. The van der Waals surface area contributed by atoms with Gasteiger partial charge in [0.15, 0.2) is 10.9 Å². The van der Waals surface area contributed by atoms with Gasteiger partial charge in [-0.2, -0.15) is 0 Å². The molecule has 0 bridgehead atoms. The average molecular weight is 310 g/mol. The van der Waals surface area contributed by atoms with Crippen LogP contribution in [0.2, 0.25) is 5.15 Å². The summed E-state index contributed by atoms with van der Waals surface area (Å²) in [7, 11) is 0. The van der Waals surface area contributed by atoms with Crippen molar-refractivity contribution in [3.63, 3.8) is 0 Å². The molecule has 4 rings (SSSR count). The minimum absolute atomic E-state index is 0.347. The minimum Gasteiger partial charge on any atom is -0.434 e. The summed E-state index contributed by atoms with van der Waals surface area (Å²) in [4.78, 5) is 2.14. The lowest BCUT2D eigenvalue weighted by Crippen LogP contribution is -2.21. The van der Waals surface area contributed by atoms with Crippen molar-refractivity contribution < 1.29 is 4.74 Å². The van der Waals surface area contributed by atoms with Gasteiger partial charge in [-0.25, -0.2) is 0 Å². The fraction of sp³-hybridized carbons (Fsp3) is 0.0588. The number of anilines is 2. The van der Waals surface area contributed by atoms with E-state index in [0.29, 0.717) is 17.6 Å². The Labute approximate surface area is 132 Å². The van der Waals surface area contributed by atoms with Crippen LogP contribution in [0.3, 0.4) is 0 Å². The highest BCUT2D eigenvalue weighted by atomic mass is 35.5. The van der Waals surface area contributed by atoms with Crippen LogP contribution in [0.4, 0.5) is 11.4 Å². The summed E-state index contributed by atoms with van der Waals surface area (Å²) in [6.45, 7) is 0.705. The number of para-hydroxylation sites is 2. The molecule has 108 valence electrons. The molecule has 1 aliphatic heterocycles. The molecule has 0 atom stereocenters. The quantitative estimate of drug-likeness (QED) is 0.695. The predicted molar refractivity (Wildman–Crippen MR) is 85.8 cm³/mol. The van der Waals surface area contributed by atoms with Crippen LogP contribution in [0.15, 0.2) is 60.7 Å². The number of rotatable bonds is 2. The summed E-state index contributed by atoms with van der Waals surface area (Å²) in [5, 5.41) is 8.28. The molecule has 0 fully saturated rings. The standard InChI is InChI=1S/C17H12ClN3O/c18-16-10-14-17(20-19-16)22-15-9-5-4-8-13(15)21(14)11-12-6-2-1-3-7-12/h1-10H,11H2. The molecule has 5 heteroatoms. The maximum Gasteiger partial charge on any atom is 0.263 e. The molecule has 3 aromatic rings. The molecule has 0 saturated heterocycles. The van der Waals surface area contributed by atoms with E-state index in [-0.39, 0.29) is 0 Å². The lowest BCUT2D eigenvalue weighted by atomic mass is 10.1. The number of ether oxygens (including phenoxy) is 1. The molecule has 0 radical (unpaired) electrons. The Kier molecular flexibility index (Phi) is 3.16. The number of hydrogen-bond donors (Lipinski definition) is 0. The van der Waals surface area contributed by atoms with Gasteiger partial charge in [-0.1, -0.05) is 54.1 Å². The third kappa shape index (κ3) is 2.27. The van der Waals surface area contributed by atoms with Crippen molar-refractivity contribution in [1.82, 2.24) is 10.2 Å². The highest BCUT2D eigenvalue weighted by Gasteiger charge is 2.26. The Morgan fingerprint density at radius 1 is 0.909 bits per heavy atom. The van der Waals surface area contributed by atoms with E-state index in [1.807, 2.05) is 42.5 Å². The van der Waals surface area contributed by atoms with Crippen molar-refractivity contribution in [2.24, 2.45) is 0 Å². The van der Waals surface area contributed by atoms with Gasteiger partial charge in [0.25, 0.3) is 5.88 Å². The molecular weight excluding hydrogens is 298 g/mol. The van der Waals surface area contributed by atoms with Crippen molar-refractivity contribution in [3.05, 3.63) is 71.4 Å². The second-order valence-electron chi connectivity index (χ2n) is 5.00. The van der Waals surface area contributed by atoms with Crippen molar-refractivity contribution in [3.8, 4) is 11.6 Å². The summed E-state index contributed by atoms with van der Waals surface area (Å²) >= 11 is 6.02. The number of fused-ring (bicyclic) bond motifs is 2. The summed E-state index contributed by atoms with van der Waals surface area (Å²) < 4.78 is 5.83. The van der Waals surface area contributed by atoms with Gasteiger partial charge in [0.1, 0.15) is 5.69 Å². The SMILES string of the molecule is Clc1cc2c(nn1)Oc1ccccc1N2Cc1ccccc1. The first-order valence-electron chi connectivity index (χ1n) is 6.93. The van der Waals surface area contributed by atoms with Gasteiger partial charge >= 0.3 is 0 Å². The molecular formula is C17H12ClN3O. The molecule has 2 aromatic carbocycles. The molecule has 1 aliphatic rings. The summed E-state index contributed by atoms with van der Waals surface area (Å²) in [6, 6.07) is 19.9. The zero-order valence-electron chi connectivity index (χ0n) is 11.6. The fourth-order valence-electron chi connectivity index (χ4n) is 2.55. The smallest absolute Gasteiger partial charge is 0.263 e. The van der Waals surface area contributed by atoms with E-state index >= 15 is 0 Å². The van der Waals surface area contributed by atoms with Gasteiger partial charge in [0.05, 0.1) is 5.69 Å². The van der Waals surface area contributed by atoms with Crippen LogP contribution in [0.25, 0.3) is 0 Å². The monoisotopic (exact) mass is 309 g/mol. The van der Waals surface area contributed by atoms with Gasteiger partial charge < -0.3 is 9.64 Å².